The molecular weight excluding hydrogens is 311 g/mol. The van der Waals surface area contributed by atoms with Gasteiger partial charge in [0.25, 0.3) is 0 Å². The van der Waals surface area contributed by atoms with Crippen molar-refractivity contribution in [1.82, 2.24) is 5.32 Å². The number of aliphatic hydroxyl groups excluding tert-OH is 1. The van der Waals surface area contributed by atoms with E-state index < -0.39 is 23.7 Å². The second-order valence-electron chi connectivity index (χ2n) is 5.98. The maximum Gasteiger partial charge on any atom is 0.313 e. The van der Waals surface area contributed by atoms with Gasteiger partial charge in [0.2, 0.25) is 0 Å². The lowest BCUT2D eigenvalue weighted by Crippen LogP contribution is -2.41. The quantitative estimate of drug-likeness (QED) is 0.725. The van der Waals surface area contributed by atoms with Gasteiger partial charge < -0.3 is 15.7 Å². The first kappa shape index (κ1) is 18.4. The number of nitrogens with one attached hydrogen (secondary N) is 2. The minimum absolute atomic E-state index is 0.0673. The fourth-order valence-electron chi connectivity index (χ4n) is 2.03. The summed E-state index contributed by atoms with van der Waals surface area (Å²) < 4.78 is 13.2. The zero-order chi connectivity index (χ0) is 16.9. The molecule has 122 valence electrons. The van der Waals surface area contributed by atoms with Crippen LogP contribution in [0, 0.1) is 11.2 Å². The van der Waals surface area contributed by atoms with Crippen LogP contribution >= 0.6 is 11.6 Å². The molecule has 0 saturated carbocycles. The van der Waals surface area contributed by atoms with E-state index in [9.17, 15) is 19.1 Å². The zero-order valence-electron chi connectivity index (χ0n) is 12.7. The molecule has 1 rings (SSSR count). The number of carbonyl (C=O) groups is 2. The third-order valence-electron chi connectivity index (χ3n) is 2.96. The van der Waals surface area contributed by atoms with Gasteiger partial charge in [0, 0.05) is 12.2 Å². The van der Waals surface area contributed by atoms with Crippen LogP contribution in [0.1, 0.15) is 27.2 Å². The topological polar surface area (TPSA) is 78.4 Å². The number of carbonyl (C=O) groups excluding carboxylic acids is 2. The molecule has 0 fully saturated rings. The smallest absolute Gasteiger partial charge is 0.313 e. The van der Waals surface area contributed by atoms with E-state index in [2.05, 4.69) is 10.6 Å². The second kappa shape index (κ2) is 7.56. The Morgan fingerprint density at radius 2 is 2.00 bits per heavy atom. The molecule has 1 unspecified atom stereocenters. The summed E-state index contributed by atoms with van der Waals surface area (Å²) in [6.45, 7) is 5.63. The molecule has 0 aliphatic heterocycles. The van der Waals surface area contributed by atoms with Crippen molar-refractivity contribution in [2.24, 2.45) is 5.41 Å². The average Bonchev–Trinajstić information content (AvgIpc) is 2.39. The predicted molar refractivity (Wildman–Crippen MR) is 83.1 cm³/mol. The highest BCUT2D eigenvalue weighted by molar-refractivity contribution is 6.39. The molecule has 0 radical (unpaired) electrons. The molecule has 3 N–H and O–H groups in total. The van der Waals surface area contributed by atoms with Crippen LogP contribution in [0.4, 0.5) is 10.1 Å². The summed E-state index contributed by atoms with van der Waals surface area (Å²) in [4.78, 5) is 23.4. The normalized spacial score (nSPS) is 12.6. The van der Waals surface area contributed by atoms with Gasteiger partial charge in [-0.2, -0.15) is 0 Å². The number of hydrogen-bond donors (Lipinski definition) is 3. The van der Waals surface area contributed by atoms with E-state index in [0.717, 1.165) is 6.07 Å². The first-order valence-electron chi connectivity index (χ1n) is 6.83. The van der Waals surface area contributed by atoms with Crippen molar-refractivity contribution in [3.8, 4) is 0 Å². The van der Waals surface area contributed by atoms with E-state index >= 15 is 0 Å². The van der Waals surface area contributed by atoms with Crippen molar-refractivity contribution in [2.75, 3.05) is 11.9 Å². The summed E-state index contributed by atoms with van der Waals surface area (Å²) in [6, 6.07) is 3.72. The van der Waals surface area contributed by atoms with Crippen molar-refractivity contribution >= 4 is 29.1 Å². The van der Waals surface area contributed by atoms with E-state index in [1.54, 1.807) is 6.92 Å². The Bertz CT molecular complexity index is 562. The summed E-state index contributed by atoms with van der Waals surface area (Å²) in [6.07, 6.45) is -0.0186. The van der Waals surface area contributed by atoms with Crippen LogP contribution in [0.25, 0.3) is 0 Å². The van der Waals surface area contributed by atoms with Crippen molar-refractivity contribution in [3.63, 3.8) is 0 Å². The number of rotatable bonds is 5. The Kier molecular flexibility index (Phi) is 6.32. The van der Waals surface area contributed by atoms with E-state index in [1.165, 1.54) is 12.1 Å². The molecule has 0 heterocycles. The minimum atomic E-state index is -0.894. The number of amides is 2. The molecule has 0 spiro atoms. The van der Waals surface area contributed by atoms with Crippen LogP contribution in [-0.2, 0) is 9.59 Å². The van der Waals surface area contributed by atoms with Gasteiger partial charge in [-0.1, -0.05) is 25.4 Å². The number of aliphatic hydroxyl groups is 1. The third kappa shape index (κ3) is 5.99. The molecule has 0 aliphatic carbocycles. The lowest BCUT2D eigenvalue weighted by atomic mass is 9.87. The van der Waals surface area contributed by atoms with Gasteiger partial charge in [0.1, 0.15) is 5.82 Å². The Morgan fingerprint density at radius 3 is 2.55 bits per heavy atom. The highest BCUT2D eigenvalue weighted by Crippen LogP contribution is 2.21. The summed E-state index contributed by atoms with van der Waals surface area (Å²) in [5.41, 5.74) is -0.207. The number of anilines is 1. The van der Waals surface area contributed by atoms with Gasteiger partial charge >= 0.3 is 11.8 Å². The van der Waals surface area contributed by atoms with E-state index in [1.807, 2.05) is 13.8 Å². The first-order valence-corrected chi connectivity index (χ1v) is 7.21. The van der Waals surface area contributed by atoms with Gasteiger partial charge in [0.15, 0.2) is 0 Å². The molecule has 0 aromatic heterocycles. The van der Waals surface area contributed by atoms with Crippen LogP contribution in [0.2, 0.25) is 5.02 Å². The summed E-state index contributed by atoms with van der Waals surface area (Å²) in [7, 11) is 0. The van der Waals surface area contributed by atoms with Crippen molar-refractivity contribution < 1.29 is 19.1 Å². The van der Waals surface area contributed by atoms with Crippen LogP contribution < -0.4 is 10.6 Å². The summed E-state index contributed by atoms with van der Waals surface area (Å²) >= 11 is 5.53. The van der Waals surface area contributed by atoms with E-state index in [4.69, 9.17) is 11.6 Å². The van der Waals surface area contributed by atoms with Crippen LogP contribution in [-0.4, -0.2) is 29.6 Å². The Balaban J connectivity index is 2.55. The molecule has 1 aromatic carbocycles. The van der Waals surface area contributed by atoms with Crippen molar-refractivity contribution in [3.05, 3.63) is 29.0 Å². The molecule has 0 aliphatic rings. The van der Waals surface area contributed by atoms with Crippen molar-refractivity contribution in [2.45, 2.75) is 33.3 Å². The maximum absolute atomic E-state index is 13.2. The summed E-state index contributed by atoms with van der Waals surface area (Å²) in [5, 5.41) is 14.1. The number of benzene rings is 1. The van der Waals surface area contributed by atoms with Gasteiger partial charge in [0.05, 0.1) is 11.1 Å². The average molecular weight is 331 g/mol. The maximum atomic E-state index is 13.2. The van der Waals surface area contributed by atoms with Gasteiger partial charge in [-0.25, -0.2) is 4.39 Å². The van der Waals surface area contributed by atoms with Gasteiger partial charge in [-0.05, 0) is 37.0 Å². The number of halogens is 2. The van der Waals surface area contributed by atoms with Crippen LogP contribution in [0.15, 0.2) is 18.2 Å². The molecule has 1 aromatic rings. The molecule has 7 heteroatoms. The fraction of sp³-hybridized carbons (Fsp3) is 0.467. The van der Waals surface area contributed by atoms with E-state index in [0.29, 0.717) is 6.42 Å². The predicted octanol–water partition coefficient (Wildman–Crippen LogP) is 2.33. The molecule has 0 bridgehead atoms. The minimum Gasteiger partial charge on any atom is -0.393 e. The molecule has 0 saturated heterocycles. The Hall–Kier alpha value is -1.66. The Labute approximate surface area is 133 Å². The largest absolute Gasteiger partial charge is 0.393 e. The monoisotopic (exact) mass is 330 g/mol. The molecular formula is C15H20ClFN2O3. The molecule has 5 nitrogen and oxygen atoms in total. The number of hydrogen-bond acceptors (Lipinski definition) is 3. The fourth-order valence-corrected chi connectivity index (χ4v) is 2.15. The SMILES string of the molecule is CC(O)CC(C)(C)CNC(=O)C(=O)Nc1ccc(Cl)c(F)c1. The van der Waals surface area contributed by atoms with Crippen LogP contribution in [0.3, 0.4) is 0 Å². The highest BCUT2D eigenvalue weighted by atomic mass is 35.5. The summed E-state index contributed by atoms with van der Waals surface area (Å²) in [5.74, 6) is -2.40. The highest BCUT2D eigenvalue weighted by Gasteiger charge is 2.23. The first-order chi connectivity index (χ1) is 10.1. The Morgan fingerprint density at radius 1 is 1.36 bits per heavy atom. The second-order valence-corrected chi connectivity index (χ2v) is 6.39. The third-order valence-corrected chi connectivity index (χ3v) is 3.27. The lowest BCUT2D eigenvalue weighted by Gasteiger charge is -2.26. The molecule has 1 atom stereocenters. The zero-order valence-corrected chi connectivity index (χ0v) is 13.5. The molecule has 22 heavy (non-hydrogen) atoms. The van der Waals surface area contributed by atoms with Gasteiger partial charge in [-0.3, -0.25) is 9.59 Å². The molecule has 2 amide bonds. The standard InChI is InChI=1S/C15H20ClFN2O3/c1-9(20)7-15(2,3)8-18-13(21)14(22)19-10-4-5-11(16)12(17)6-10/h4-6,9,20H,7-8H2,1-3H3,(H,18,21)(H,19,22). The lowest BCUT2D eigenvalue weighted by molar-refractivity contribution is -0.136. The van der Waals surface area contributed by atoms with E-state index in [-0.39, 0.29) is 22.7 Å². The van der Waals surface area contributed by atoms with Gasteiger partial charge in [-0.15, -0.1) is 0 Å². The van der Waals surface area contributed by atoms with Crippen molar-refractivity contribution in [1.29, 1.82) is 0 Å². The van der Waals surface area contributed by atoms with Crippen LogP contribution in [0.5, 0.6) is 0 Å².